The molecule has 2 aromatic carbocycles. The number of urea groups is 1. The van der Waals surface area contributed by atoms with E-state index in [4.69, 9.17) is 10.5 Å². The van der Waals surface area contributed by atoms with E-state index < -0.39 is 23.6 Å². The Kier molecular flexibility index (Phi) is 7.10. The minimum absolute atomic E-state index is 0.202. The van der Waals surface area contributed by atoms with Gasteiger partial charge in [-0.15, -0.1) is 0 Å². The molecule has 4 N–H and O–H groups in total. The fourth-order valence-corrected chi connectivity index (χ4v) is 2.26. The highest BCUT2D eigenvalue weighted by Crippen LogP contribution is 2.29. The van der Waals surface area contributed by atoms with Crippen molar-refractivity contribution in [2.45, 2.75) is 26.2 Å². The van der Waals surface area contributed by atoms with E-state index in [1.165, 1.54) is 24.3 Å². The van der Waals surface area contributed by atoms with Gasteiger partial charge in [-0.05, 0) is 30.7 Å². The van der Waals surface area contributed by atoms with Crippen molar-refractivity contribution in [3.05, 3.63) is 53.6 Å². The molecule has 0 aromatic heterocycles. The highest BCUT2D eigenvalue weighted by Gasteiger charge is 2.14. The number of unbranched alkanes of at least 4 members (excludes halogenated alkanes) is 2. The summed E-state index contributed by atoms with van der Waals surface area (Å²) in [6.07, 6.45) is 2.79. The van der Waals surface area contributed by atoms with Crippen LogP contribution in [0.4, 0.5) is 19.3 Å². The number of amides is 3. The molecule has 0 radical (unpaired) electrons. The van der Waals surface area contributed by atoms with Gasteiger partial charge in [0.2, 0.25) is 5.91 Å². The predicted molar refractivity (Wildman–Crippen MR) is 97.9 cm³/mol. The molecule has 144 valence electrons. The van der Waals surface area contributed by atoms with E-state index in [1.807, 2.05) is 6.92 Å². The molecular formula is C19H21F2N3O3. The number of nitrogens with two attached hydrogens (primary N) is 1. The Hall–Kier alpha value is -3.16. The molecule has 0 heterocycles. The van der Waals surface area contributed by atoms with Crippen molar-refractivity contribution in [1.82, 2.24) is 5.32 Å². The summed E-state index contributed by atoms with van der Waals surface area (Å²) < 4.78 is 33.6. The van der Waals surface area contributed by atoms with Gasteiger partial charge >= 0.3 is 6.03 Å². The Labute approximate surface area is 155 Å². The number of hydrogen-bond acceptors (Lipinski definition) is 3. The number of anilines is 1. The molecule has 0 saturated heterocycles. The molecule has 8 heteroatoms. The molecule has 0 atom stereocenters. The van der Waals surface area contributed by atoms with Gasteiger partial charge in [0.15, 0.2) is 17.4 Å². The second-order valence-electron chi connectivity index (χ2n) is 5.84. The first-order valence-corrected chi connectivity index (χ1v) is 8.52. The first kappa shape index (κ1) is 20.2. The van der Waals surface area contributed by atoms with Crippen LogP contribution in [0.1, 0.15) is 36.5 Å². The van der Waals surface area contributed by atoms with Crippen LogP contribution in [0.2, 0.25) is 0 Å². The van der Waals surface area contributed by atoms with Crippen molar-refractivity contribution < 1.29 is 23.1 Å². The molecule has 2 aromatic rings. The van der Waals surface area contributed by atoms with E-state index in [-0.39, 0.29) is 22.7 Å². The quantitative estimate of drug-likeness (QED) is 0.603. The van der Waals surface area contributed by atoms with Crippen LogP contribution in [0.25, 0.3) is 0 Å². The van der Waals surface area contributed by atoms with E-state index in [0.29, 0.717) is 6.54 Å². The summed E-state index contributed by atoms with van der Waals surface area (Å²) in [6.45, 7) is 2.49. The summed E-state index contributed by atoms with van der Waals surface area (Å²) in [4.78, 5) is 22.7. The third kappa shape index (κ3) is 5.95. The zero-order valence-electron chi connectivity index (χ0n) is 14.9. The van der Waals surface area contributed by atoms with Crippen LogP contribution in [0.5, 0.6) is 11.5 Å². The summed E-state index contributed by atoms with van der Waals surface area (Å²) in [5.41, 5.74) is 5.10. The van der Waals surface area contributed by atoms with Crippen LogP contribution in [-0.4, -0.2) is 18.5 Å². The summed E-state index contributed by atoms with van der Waals surface area (Å²) in [5, 5.41) is 4.84. The monoisotopic (exact) mass is 377 g/mol. The zero-order chi connectivity index (χ0) is 19.8. The van der Waals surface area contributed by atoms with E-state index in [1.54, 1.807) is 0 Å². The predicted octanol–water partition coefficient (Wildman–Crippen LogP) is 4.17. The maximum atomic E-state index is 14.2. The van der Waals surface area contributed by atoms with Gasteiger partial charge in [0, 0.05) is 24.2 Å². The lowest BCUT2D eigenvalue weighted by Crippen LogP contribution is -2.29. The Bertz CT molecular complexity index is 811. The molecule has 3 amide bonds. The Morgan fingerprint density at radius 1 is 1.07 bits per heavy atom. The van der Waals surface area contributed by atoms with Gasteiger partial charge in [0.25, 0.3) is 0 Å². The third-order valence-electron chi connectivity index (χ3n) is 3.70. The summed E-state index contributed by atoms with van der Waals surface area (Å²) >= 11 is 0. The number of hydrogen-bond donors (Lipinski definition) is 3. The SMILES string of the molecule is CCCCCNC(=O)Nc1cc(F)c(Oc2ccc(C(N)=O)cc2)cc1F. The Morgan fingerprint density at radius 3 is 2.41 bits per heavy atom. The highest BCUT2D eigenvalue weighted by atomic mass is 19.1. The third-order valence-corrected chi connectivity index (χ3v) is 3.70. The summed E-state index contributed by atoms with van der Waals surface area (Å²) in [6, 6.07) is 6.70. The van der Waals surface area contributed by atoms with Crippen LogP contribution in [0, 0.1) is 11.6 Å². The maximum Gasteiger partial charge on any atom is 0.319 e. The van der Waals surface area contributed by atoms with Crippen molar-refractivity contribution in [3.8, 4) is 11.5 Å². The van der Waals surface area contributed by atoms with Gasteiger partial charge in [-0.25, -0.2) is 13.6 Å². The van der Waals surface area contributed by atoms with Crippen molar-refractivity contribution in [3.63, 3.8) is 0 Å². The molecule has 0 unspecified atom stereocenters. The van der Waals surface area contributed by atoms with Gasteiger partial charge in [-0.3, -0.25) is 4.79 Å². The molecule has 0 fully saturated rings. The lowest BCUT2D eigenvalue weighted by Gasteiger charge is -2.11. The van der Waals surface area contributed by atoms with Crippen molar-refractivity contribution in [2.75, 3.05) is 11.9 Å². The van der Waals surface area contributed by atoms with Crippen LogP contribution < -0.4 is 21.1 Å². The van der Waals surface area contributed by atoms with Crippen LogP contribution in [-0.2, 0) is 0 Å². The van der Waals surface area contributed by atoms with Crippen LogP contribution in [0.3, 0.4) is 0 Å². The number of ether oxygens (including phenoxy) is 1. The number of rotatable bonds is 8. The average Bonchev–Trinajstić information content (AvgIpc) is 2.63. The van der Waals surface area contributed by atoms with Gasteiger partial charge in [-0.1, -0.05) is 19.8 Å². The van der Waals surface area contributed by atoms with E-state index >= 15 is 0 Å². The molecule has 0 spiro atoms. The summed E-state index contributed by atoms with van der Waals surface area (Å²) in [7, 11) is 0. The molecular weight excluding hydrogens is 356 g/mol. The van der Waals surface area contributed by atoms with Crippen molar-refractivity contribution in [2.24, 2.45) is 5.73 Å². The minimum atomic E-state index is -0.850. The minimum Gasteiger partial charge on any atom is -0.454 e. The fraction of sp³-hybridized carbons (Fsp3) is 0.263. The van der Waals surface area contributed by atoms with Crippen LogP contribution in [0.15, 0.2) is 36.4 Å². The first-order valence-electron chi connectivity index (χ1n) is 8.52. The van der Waals surface area contributed by atoms with E-state index in [9.17, 15) is 18.4 Å². The summed E-state index contributed by atoms with van der Waals surface area (Å²) in [5.74, 6) is -2.45. The molecule has 2 rings (SSSR count). The largest absolute Gasteiger partial charge is 0.454 e. The standard InChI is InChI=1S/C19H21F2N3O3/c1-2-3-4-9-23-19(26)24-16-10-15(21)17(11-14(16)20)27-13-7-5-12(6-8-13)18(22)25/h5-8,10-11H,2-4,9H2,1H3,(H2,22,25)(H2,23,24,26). The zero-order valence-corrected chi connectivity index (χ0v) is 14.9. The van der Waals surface area contributed by atoms with Crippen molar-refractivity contribution in [1.29, 1.82) is 0 Å². The lowest BCUT2D eigenvalue weighted by atomic mass is 10.2. The molecule has 0 aliphatic rings. The van der Waals surface area contributed by atoms with E-state index in [2.05, 4.69) is 10.6 Å². The topological polar surface area (TPSA) is 93.4 Å². The number of benzene rings is 2. The number of carbonyl (C=O) groups excluding carboxylic acids is 2. The fourth-order valence-electron chi connectivity index (χ4n) is 2.26. The molecule has 6 nitrogen and oxygen atoms in total. The Balaban J connectivity index is 2.03. The van der Waals surface area contributed by atoms with Gasteiger partial charge in [0.1, 0.15) is 5.75 Å². The molecule has 0 saturated carbocycles. The van der Waals surface area contributed by atoms with Gasteiger partial charge in [0.05, 0.1) is 5.69 Å². The highest BCUT2D eigenvalue weighted by molar-refractivity contribution is 5.92. The normalized spacial score (nSPS) is 10.3. The van der Waals surface area contributed by atoms with E-state index in [0.717, 1.165) is 31.4 Å². The lowest BCUT2D eigenvalue weighted by molar-refractivity contribution is 0.1000. The van der Waals surface area contributed by atoms with Crippen LogP contribution >= 0.6 is 0 Å². The second-order valence-corrected chi connectivity index (χ2v) is 5.84. The Morgan fingerprint density at radius 2 is 1.78 bits per heavy atom. The molecule has 0 aliphatic heterocycles. The second kappa shape index (κ2) is 9.51. The van der Waals surface area contributed by atoms with Crippen molar-refractivity contribution >= 4 is 17.6 Å². The molecule has 27 heavy (non-hydrogen) atoms. The molecule has 0 aliphatic carbocycles. The number of primary amides is 1. The van der Waals surface area contributed by atoms with Gasteiger partial charge in [-0.2, -0.15) is 0 Å². The first-order chi connectivity index (χ1) is 12.9. The number of nitrogens with one attached hydrogen (secondary N) is 2. The molecule has 0 bridgehead atoms. The smallest absolute Gasteiger partial charge is 0.319 e. The maximum absolute atomic E-state index is 14.2. The number of carbonyl (C=O) groups is 2. The average molecular weight is 377 g/mol. The van der Waals surface area contributed by atoms with Gasteiger partial charge < -0.3 is 21.1 Å². The number of halogens is 2.